The van der Waals surface area contributed by atoms with E-state index in [1.54, 1.807) is 32.2 Å². The van der Waals surface area contributed by atoms with E-state index >= 15 is 0 Å². The lowest BCUT2D eigenvalue weighted by Crippen LogP contribution is -2.26. The van der Waals surface area contributed by atoms with Gasteiger partial charge >= 0.3 is 6.09 Å². The molecule has 0 aliphatic heterocycles. The normalized spacial score (nSPS) is 10.8. The summed E-state index contributed by atoms with van der Waals surface area (Å²) in [6, 6.07) is 12.6. The summed E-state index contributed by atoms with van der Waals surface area (Å²) in [5.41, 5.74) is 4.38. The van der Waals surface area contributed by atoms with Gasteiger partial charge in [-0.2, -0.15) is 5.48 Å². The molecule has 0 spiro atoms. The summed E-state index contributed by atoms with van der Waals surface area (Å²) in [6.07, 6.45) is -0.738. The highest BCUT2D eigenvalue weighted by molar-refractivity contribution is 6.32. The number of methoxy groups -OCH3 is 2. The van der Waals surface area contributed by atoms with Gasteiger partial charge in [0.15, 0.2) is 5.75 Å². The Balaban J connectivity index is 2.02. The number of oxime groups is 1. The van der Waals surface area contributed by atoms with Gasteiger partial charge < -0.3 is 19.1 Å². The smallest absolute Gasteiger partial charge is 0.440 e. The highest BCUT2D eigenvalue weighted by Crippen LogP contribution is 2.25. The van der Waals surface area contributed by atoms with E-state index in [1.165, 1.54) is 7.11 Å². The Morgan fingerprint density at radius 2 is 2.00 bits per heavy atom. The predicted molar refractivity (Wildman–Crippen MR) is 97.6 cm³/mol. The number of carbonyl (C=O) groups excluding carboxylic acids is 1. The van der Waals surface area contributed by atoms with Crippen molar-refractivity contribution in [1.82, 2.24) is 5.48 Å². The number of rotatable bonds is 7. The third kappa shape index (κ3) is 5.56. The third-order valence-electron chi connectivity index (χ3n) is 3.35. The molecule has 2 aromatic rings. The van der Waals surface area contributed by atoms with Gasteiger partial charge in [-0.15, -0.1) is 0 Å². The van der Waals surface area contributed by atoms with Gasteiger partial charge in [0.1, 0.15) is 12.4 Å². The molecular weight excluding hydrogens is 360 g/mol. The minimum absolute atomic E-state index is 0.261. The molecule has 0 aromatic heterocycles. The van der Waals surface area contributed by atoms with Crippen LogP contribution in [0.5, 0.6) is 11.5 Å². The Kier molecular flexibility index (Phi) is 7.11. The van der Waals surface area contributed by atoms with Gasteiger partial charge in [0.25, 0.3) is 0 Å². The second-order valence-corrected chi connectivity index (χ2v) is 5.55. The van der Waals surface area contributed by atoms with Crippen LogP contribution in [0, 0.1) is 0 Å². The van der Waals surface area contributed by atoms with Crippen molar-refractivity contribution in [1.29, 1.82) is 0 Å². The first-order valence-electron chi connectivity index (χ1n) is 7.63. The summed E-state index contributed by atoms with van der Waals surface area (Å²) < 4.78 is 9.60. The fourth-order valence-electron chi connectivity index (χ4n) is 1.96. The molecule has 1 amide bonds. The summed E-state index contributed by atoms with van der Waals surface area (Å²) in [5.74, 6) is 1.02. The lowest BCUT2D eigenvalue weighted by molar-refractivity contribution is 0.118. The molecule has 26 heavy (non-hydrogen) atoms. The molecule has 0 fully saturated rings. The quantitative estimate of drug-likeness (QED) is 0.583. The maximum atomic E-state index is 11.1. The molecule has 2 rings (SSSR count). The number of hydroxylamine groups is 1. The van der Waals surface area contributed by atoms with Gasteiger partial charge in [-0.3, -0.25) is 0 Å². The molecule has 0 radical (unpaired) electrons. The SMILES string of the molecule is COC(=O)NOc1cc(/C(C)=N/OCc2cccc(OC)c2)ccc1Cl. The van der Waals surface area contributed by atoms with Crippen LogP contribution < -0.4 is 15.1 Å². The van der Waals surface area contributed by atoms with Crippen LogP contribution in [0.25, 0.3) is 0 Å². The van der Waals surface area contributed by atoms with E-state index in [1.807, 2.05) is 24.3 Å². The van der Waals surface area contributed by atoms with E-state index in [4.69, 9.17) is 26.0 Å². The summed E-state index contributed by atoms with van der Waals surface area (Å²) >= 11 is 6.04. The fraction of sp³-hybridized carbons (Fsp3) is 0.222. The average molecular weight is 379 g/mol. The average Bonchev–Trinajstić information content (AvgIpc) is 2.67. The zero-order chi connectivity index (χ0) is 18.9. The molecule has 0 unspecified atom stereocenters. The van der Waals surface area contributed by atoms with Crippen molar-refractivity contribution in [3.8, 4) is 11.5 Å². The van der Waals surface area contributed by atoms with Gasteiger partial charge in [0.05, 0.1) is 25.0 Å². The van der Waals surface area contributed by atoms with Crippen molar-refractivity contribution >= 4 is 23.4 Å². The standard InChI is InChI=1S/C18H19ClN2O5/c1-12(20-25-11-13-5-4-6-15(9-13)23-2)14-7-8-16(19)17(10-14)26-21-18(22)24-3/h4-10H,11H2,1-3H3,(H,21,22)/b20-12+. The number of nitrogens with zero attached hydrogens (tertiary/aromatic N) is 1. The zero-order valence-corrected chi connectivity index (χ0v) is 15.4. The molecule has 138 valence electrons. The van der Waals surface area contributed by atoms with Crippen LogP contribution in [-0.4, -0.2) is 26.0 Å². The van der Waals surface area contributed by atoms with E-state index in [0.29, 0.717) is 17.3 Å². The predicted octanol–water partition coefficient (Wildman–Crippen LogP) is 3.94. The molecule has 2 aromatic carbocycles. The number of halogens is 1. The number of hydrogen-bond acceptors (Lipinski definition) is 6. The van der Waals surface area contributed by atoms with Crippen molar-refractivity contribution in [2.45, 2.75) is 13.5 Å². The maximum absolute atomic E-state index is 11.1. The molecule has 0 saturated carbocycles. The van der Waals surface area contributed by atoms with E-state index in [9.17, 15) is 4.79 Å². The van der Waals surface area contributed by atoms with Crippen molar-refractivity contribution < 1.29 is 23.9 Å². The Bertz CT molecular complexity index is 795. The molecule has 1 N–H and O–H groups in total. The maximum Gasteiger partial charge on any atom is 0.440 e. The van der Waals surface area contributed by atoms with Crippen molar-refractivity contribution in [3.05, 3.63) is 58.6 Å². The third-order valence-corrected chi connectivity index (χ3v) is 3.66. The fourth-order valence-corrected chi connectivity index (χ4v) is 2.12. The minimum atomic E-state index is -0.738. The zero-order valence-electron chi connectivity index (χ0n) is 14.6. The highest BCUT2D eigenvalue weighted by atomic mass is 35.5. The first kappa shape index (κ1) is 19.4. The molecule has 0 bridgehead atoms. The van der Waals surface area contributed by atoms with Crippen molar-refractivity contribution in [2.24, 2.45) is 5.16 Å². The van der Waals surface area contributed by atoms with E-state index < -0.39 is 6.09 Å². The van der Waals surface area contributed by atoms with E-state index in [-0.39, 0.29) is 5.75 Å². The molecule has 0 aliphatic carbocycles. The second-order valence-electron chi connectivity index (χ2n) is 5.14. The summed E-state index contributed by atoms with van der Waals surface area (Å²) in [7, 11) is 2.84. The van der Waals surface area contributed by atoms with E-state index in [2.05, 4.69) is 15.4 Å². The molecule has 8 heteroatoms. The van der Waals surface area contributed by atoms with Gasteiger partial charge in [0, 0.05) is 5.56 Å². The van der Waals surface area contributed by atoms with Gasteiger partial charge in [0.2, 0.25) is 0 Å². The Labute approximate surface area is 156 Å². The van der Waals surface area contributed by atoms with Gasteiger partial charge in [-0.05, 0) is 36.8 Å². The van der Waals surface area contributed by atoms with Crippen LogP contribution in [0.15, 0.2) is 47.6 Å². The molecule has 7 nitrogen and oxygen atoms in total. The molecule has 0 aliphatic rings. The minimum Gasteiger partial charge on any atom is -0.497 e. The Hall–Kier alpha value is -2.93. The van der Waals surface area contributed by atoms with Crippen molar-refractivity contribution in [3.63, 3.8) is 0 Å². The monoisotopic (exact) mass is 378 g/mol. The largest absolute Gasteiger partial charge is 0.497 e. The topological polar surface area (TPSA) is 78.4 Å². The molecule has 0 saturated heterocycles. The van der Waals surface area contributed by atoms with Crippen LogP contribution in [0.2, 0.25) is 5.02 Å². The number of ether oxygens (including phenoxy) is 2. The summed E-state index contributed by atoms with van der Waals surface area (Å²) in [4.78, 5) is 21.6. The number of carbonyl (C=O) groups is 1. The number of amides is 1. The summed E-state index contributed by atoms with van der Waals surface area (Å²) in [6.45, 7) is 2.09. The highest BCUT2D eigenvalue weighted by Gasteiger charge is 2.08. The van der Waals surface area contributed by atoms with Crippen LogP contribution in [0.4, 0.5) is 4.79 Å². The van der Waals surface area contributed by atoms with E-state index in [0.717, 1.165) is 16.9 Å². The van der Waals surface area contributed by atoms with Crippen LogP contribution in [0.1, 0.15) is 18.1 Å². The van der Waals surface area contributed by atoms with Crippen LogP contribution in [0.3, 0.4) is 0 Å². The number of hydrogen-bond donors (Lipinski definition) is 1. The molecule has 0 heterocycles. The number of benzene rings is 2. The Morgan fingerprint density at radius 1 is 1.19 bits per heavy atom. The van der Waals surface area contributed by atoms with Crippen LogP contribution >= 0.6 is 11.6 Å². The van der Waals surface area contributed by atoms with Gasteiger partial charge in [-0.1, -0.05) is 35.0 Å². The lowest BCUT2D eigenvalue weighted by atomic mass is 10.1. The second kappa shape index (κ2) is 9.53. The number of nitrogens with one attached hydrogen (secondary N) is 1. The van der Waals surface area contributed by atoms with Crippen LogP contribution in [-0.2, 0) is 16.2 Å². The lowest BCUT2D eigenvalue weighted by Gasteiger charge is -2.09. The molecular formula is C18H19ClN2O5. The summed E-state index contributed by atoms with van der Waals surface area (Å²) in [5, 5.41) is 4.42. The molecule has 0 atom stereocenters. The Morgan fingerprint density at radius 3 is 2.73 bits per heavy atom. The van der Waals surface area contributed by atoms with Gasteiger partial charge in [-0.25, -0.2) is 4.79 Å². The first-order valence-corrected chi connectivity index (χ1v) is 8.01. The first-order chi connectivity index (χ1) is 12.5. The van der Waals surface area contributed by atoms with Crippen molar-refractivity contribution in [2.75, 3.05) is 14.2 Å².